The van der Waals surface area contributed by atoms with Gasteiger partial charge in [-0.15, -0.1) is 24.0 Å². The molecule has 0 bridgehead atoms. The number of hydrogen-bond acceptors (Lipinski definition) is 6. The second-order valence-electron chi connectivity index (χ2n) is 5.00. The highest BCUT2D eigenvalue weighted by Gasteiger charge is 2.11. The minimum Gasteiger partial charge on any atom is -0.490 e. The van der Waals surface area contributed by atoms with Crippen LogP contribution in [0.3, 0.4) is 0 Å². The number of nitrogens with one attached hydrogen (secondary N) is 2. The Morgan fingerprint density at radius 2 is 2.04 bits per heavy atom. The average molecular weight is 445 g/mol. The van der Waals surface area contributed by atoms with Gasteiger partial charge in [0, 0.05) is 25.2 Å². The zero-order chi connectivity index (χ0) is 16.1. The normalized spacial score (nSPS) is 13.7. The minimum absolute atomic E-state index is 0. The van der Waals surface area contributed by atoms with E-state index in [0.717, 1.165) is 23.6 Å². The van der Waals surface area contributed by atoms with Crippen LogP contribution in [0.1, 0.15) is 18.1 Å². The summed E-state index contributed by atoms with van der Waals surface area (Å²) in [5.41, 5.74) is 0.851. The maximum atomic E-state index is 5.68. The monoisotopic (exact) mass is 445 g/mol. The Balaban J connectivity index is 0.00000208. The zero-order valence-electron chi connectivity index (χ0n) is 13.5. The van der Waals surface area contributed by atoms with Gasteiger partial charge in [0.15, 0.2) is 23.3 Å². The van der Waals surface area contributed by atoms with Gasteiger partial charge in [-0.1, -0.05) is 5.16 Å². The Kier molecular flexibility index (Phi) is 6.64. The van der Waals surface area contributed by atoms with E-state index in [-0.39, 0.29) is 24.0 Å². The summed E-state index contributed by atoms with van der Waals surface area (Å²) in [6.07, 6.45) is 0.879. The van der Waals surface area contributed by atoms with Gasteiger partial charge in [-0.2, -0.15) is 4.98 Å². The summed E-state index contributed by atoms with van der Waals surface area (Å²) in [6, 6.07) is 5.69. The Labute approximate surface area is 157 Å². The fourth-order valence-corrected chi connectivity index (χ4v) is 2.13. The summed E-state index contributed by atoms with van der Waals surface area (Å²) in [7, 11) is 1.69. The van der Waals surface area contributed by atoms with Crippen LogP contribution in [0, 0.1) is 6.92 Å². The first-order chi connectivity index (χ1) is 11.2. The van der Waals surface area contributed by atoms with Crippen molar-refractivity contribution in [3.8, 4) is 11.5 Å². The van der Waals surface area contributed by atoms with E-state index in [0.29, 0.717) is 37.4 Å². The van der Waals surface area contributed by atoms with Crippen molar-refractivity contribution in [2.45, 2.75) is 19.9 Å². The Morgan fingerprint density at radius 1 is 1.25 bits per heavy atom. The van der Waals surface area contributed by atoms with Gasteiger partial charge in [0.1, 0.15) is 0 Å². The van der Waals surface area contributed by atoms with Crippen LogP contribution in [0.4, 0.5) is 5.69 Å². The largest absolute Gasteiger partial charge is 0.490 e. The molecule has 0 saturated carbocycles. The van der Waals surface area contributed by atoms with Gasteiger partial charge in [0.25, 0.3) is 0 Å². The van der Waals surface area contributed by atoms with Crippen LogP contribution < -0.4 is 20.1 Å². The molecule has 1 aliphatic heterocycles. The van der Waals surface area contributed by atoms with Gasteiger partial charge in [0.05, 0.1) is 19.8 Å². The van der Waals surface area contributed by atoms with E-state index in [1.54, 1.807) is 14.0 Å². The molecule has 0 fully saturated rings. The first-order valence-corrected chi connectivity index (χ1v) is 7.41. The van der Waals surface area contributed by atoms with Crippen LogP contribution in [0.2, 0.25) is 0 Å². The minimum atomic E-state index is 0. The summed E-state index contributed by atoms with van der Waals surface area (Å²) >= 11 is 0. The lowest BCUT2D eigenvalue weighted by molar-refractivity contribution is 0.297. The molecule has 24 heavy (non-hydrogen) atoms. The van der Waals surface area contributed by atoms with Crippen molar-refractivity contribution < 1.29 is 14.0 Å². The standard InChI is InChI=1S/C15H19N5O3.HI/c1-10-18-14(23-20-10)9-17-15(16-2)19-11-4-5-12-13(8-11)22-7-3-6-21-12;/h4-5,8H,3,6-7,9H2,1-2H3,(H2,16,17,19);1H. The summed E-state index contributed by atoms with van der Waals surface area (Å²) < 4.78 is 16.3. The van der Waals surface area contributed by atoms with Gasteiger partial charge < -0.3 is 24.6 Å². The SMILES string of the molecule is CN=C(NCc1nc(C)no1)Nc1ccc2c(c1)OCCCO2.I. The molecule has 8 nitrogen and oxygen atoms in total. The smallest absolute Gasteiger partial charge is 0.246 e. The molecule has 130 valence electrons. The molecule has 0 unspecified atom stereocenters. The quantitative estimate of drug-likeness (QED) is 0.426. The molecule has 2 aromatic rings. The van der Waals surface area contributed by atoms with E-state index in [9.17, 15) is 0 Å². The Hall–Kier alpha value is -2.04. The lowest BCUT2D eigenvalue weighted by atomic mass is 10.3. The second kappa shape index (κ2) is 8.71. The van der Waals surface area contributed by atoms with Crippen molar-refractivity contribution in [1.29, 1.82) is 0 Å². The fraction of sp³-hybridized carbons (Fsp3) is 0.400. The third-order valence-electron chi connectivity index (χ3n) is 3.21. The molecular weight excluding hydrogens is 425 g/mol. The highest BCUT2D eigenvalue weighted by molar-refractivity contribution is 14.0. The molecule has 0 amide bonds. The first kappa shape index (κ1) is 18.3. The topological polar surface area (TPSA) is 93.8 Å². The number of benzene rings is 1. The molecular formula is C15H20IN5O3. The number of halogens is 1. The third kappa shape index (κ3) is 4.73. The lowest BCUT2D eigenvalue weighted by Gasteiger charge is -2.13. The van der Waals surface area contributed by atoms with Gasteiger partial charge >= 0.3 is 0 Å². The Bertz CT molecular complexity index is 704. The predicted molar refractivity (Wildman–Crippen MR) is 100 cm³/mol. The molecule has 0 spiro atoms. The van der Waals surface area contributed by atoms with Gasteiger partial charge in [-0.25, -0.2) is 0 Å². The molecule has 0 atom stereocenters. The van der Waals surface area contributed by atoms with Crippen LogP contribution >= 0.6 is 24.0 Å². The van der Waals surface area contributed by atoms with Crippen molar-refractivity contribution >= 4 is 35.6 Å². The van der Waals surface area contributed by atoms with Crippen molar-refractivity contribution in [3.05, 3.63) is 29.9 Å². The molecule has 1 aromatic carbocycles. The number of nitrogens with zero attached hydrogens (tertiary/aromatic N) is 3. The molecule has 2 N–H and O–H groups in total. The van der Waals surface area contributed by atoms with Crippen molar-refractivity contribution in [2.24, 2.45) is 4.99 Å². The van der Waals surface area contributed by atoms with E-state index in [4.69, 9.17) is 14.0 Å². The number of rotatable bonds is 3. The van der Waals surface area contributed by atoms with Crippen LogP contribution in [-0.2, 0) is 6.54 Å². The molecule has 1 aromatic heterocycles. The van der Waals surface area contributed by atoms with Crippen LogP contribution in [0.5, 0.6) is 11.5 Å². The summed E-state index contributed by atoms with van der Waals surface area (Å²) in [6.45, 7) is 3.50. The van der Waals surface area contributed by atoms with Crippen LogP contribution in [0.25, 0.3) is 0 Å². The first-order valence-electron chi connectivity index (χ1n) is 7.41. The van der Waals surface area contributed by atoms with Crippen molar-refractivity contribution in [1.82, 2.24) is 15.5 Å². The molecule has 0 aliphatic carbocycles. The lowest BCUT2D eigenvalue weighted by Crippen LogP contribution is -2.30. The molecule has 0 radical (unpaired) electrons. The maximum absolute atomic E-state index is 5.68. The fourth-order valence-electron chi connectivity index (χ4n) is 2.13. The van der Waals surface area contributed by atoms with E-state index >= 15 is 0 Å². The number of anilines is 1. The molecule has 1 aliphatic rings. The molecule has 0 saturated heterocycles. The third-order valence-corrected chi connectivity index (χ3v) is 3.21. The van der Waals surface area contributed by atoms with Crippen LogP contribution in [-0.4, -0.2) is 36.4 Å². The second-order valence-corrected chi connectivity index (χ2v) is 5.00. The Morgan fingerprint density at radius 3 is 2.75 bits per heavy atom. The summed E-state index contributed by atoms with van der Waals surface area (Å²) in [5.74, 6) is 3.19. The summed E-state index contributed by atoms with van der Waals surface area (Å²) in [5, 5.41) is 10.0. The number of ether oxygens (including phenoxy) is 2. The number of hydrogen-bond donors (Lipinski definition) is 2. The summed E-state index contributed by atoms with van der Waals surface area (Å²) in [4.78, 5) is 8.30. The number of aryl methyl sites for hydroxylation is 1. The number of guanidine groups is 1. The van der Waals surface area contributed by atoms with Crippen molar-refractivity contribution in [3.63, 3.8) is 0 Å². The van der Waals surface area contributed by atoms with Crippen LogP contribution in [0.15, 0.2) is 27.7 Å². The molecule has 9 heteroatoms. The molecule has 2 heterocycles. The molecule has 3 rings (SSSR count). The average Bonchev–Trinajstić information content (AvgIpc) is 2.83. The van der Waals surface area contributed by atoms with Gasteiger partial charge in [-0.3, -0.25) is 4.99 Å². The van der Waals surface area contributed by atoms with E-state index in [1.165, 1.54) is 0 Å². The highest BCUT2D eigenvalue weighted by Crippen LogP contribution is 2.32. The number of aromatic nitrogens is 2. The van der Waals surface area contributed by atoms with E-state index in [1.807, 2.05) is 18.2 Å². The maximum Gasteiger partial charge on any atom is 0.246 e. The number of aliphatic imine (C=N–C) groups is 1. The number of fused-ring (bicyclic) bond motifs is 1. The van der Waals surface area contributed by atoms with E-state index < -0.39 is 0 Å². The van der Waals surface area contributed by atoms with Gasteiger partial charge in [-0.05, 0) is 19.1 Å². The van der Waals surface area contributed by atoms with Crippen molar-refractivity contribution in [2.75, 3.05) is 25.6 Å². The highest BCUT2D eigenvalue weighted by atomic mass is 127. The van der Waals surface area contributed by atoms with E-state index in [2.05, 4.69) is 25.8 Å². The zero-order valence-corrected chi connectivity index (χ0v) is 15.9. The predicted octanol–water partition coefficient (Wildman–Crippen LogP) is 2.34. The van der Waals surface area contributed by atoms with Gasteiger partial charge in [0.2, 0.25) is 5.89 Å².